The van der Waals surface area contributed by atoms with Crippen LogP contribution >= 0.6 is 0 Å². The molecular formula is C15H11FN2O. The molecule has 0 bridgehead atoms. The molecule has 1 N–H and O–H groups in total. The van der Waals surface area contributed by atoms with Gasteiger partial charge in [-0.3, -0.25) is 9.79 Å². The highest BCUT2D eigenvalue weighted by atomic mass is 19.1. The number of halogens is 1. The standard InChI is InChI=1S/C15H11FN2O/c16-11-5-3-4-10(8-11)15-12-6-1-2-7-13(12)18-14(19)9-17-15/h1-8H,9H2,(H,18,19). The molecule has 1 amide bonds. The van der Waals surface area contributed by atoms with Crippen LogP contribution in [-0.4, -0.2) is 18.2 Å². The Morgan fingerprint density at radius 2 is 1.95 bits per heavy atom. The molecule has 2 aromatic carbocycles. The topological polar surface area (TPSA) is 41.5 Å². The SMILES string of the molecule is O=C1CN=C(c2cccc(F)c2)c2ccccc2N1. The molecule has 2 aromatic rings. The molecule has 1 heterocycles. The number of hydrogen-bond donors (Lipinski definition) is 1. The van der Waals surface area contributed by atoms with Crippen LogP contribution in [0.25, 0.3) is 0 Å². The maximum absolute atomic E-state index is 13.3. The number of hydrogen-bond acceptors (Lipinski definition) is 2. The number of nitrogens with one attached hydrogen (secondary N) is 1. The highest BCUT2D eigenvalue weighted by molar-refractivity contribution is 6.19. The van der Waals surface area contributed by atoms with E-state index in [-0.39, 0.29) is 18.3 Å². The number of rotatable bonds is 1. The van der Waals surface area contributed by atoms with Gasteiger partial charge in [0.05, 0.1) is 11.4 Å². The molecule has 19 heavy (non-hydrogen) atoms. The van der Waals surface area contributed by atoms with E-state index < -0.39 is 0 Å². The van der Waals surface area contributed by atoms with Crippen LogP contribution in [0.3, 0.4) is 0 Å². The van der Waals surface area contributed by atoms with Crippen molar-refractivity contribution >= 4 is 17.3 Å². The summed E-state index contributed by atoms with van der Waals surface area (Å²) >= 11 is 0. The van der Waals surface area contributed by atoms with E-state index >= 15 is 0 Å². The molecular weight excluding hydrogens is 243 g/mol. The van der Waals surface area contributed by atoms with Crippen LogP contribution in [0, 0.1) is 5.82 Å². The van der Waals surface area contributed by atoms with E-state index in [2.05, 4.69) is 10.3 Å². The van der Waals surface area contributed by atoms with E-state index in [1.165, 1.54) is 12.1 Å². The van der Waals surface area contributed by atoms with Crippen molar-refractivity contribution in [3.63, 3.8) is 0 Å². The second kappa shape index (κ2) is 4.65. The zero-order chi connectivity index (χ0) is 13.2. The minimum absolute atomic E-state index is 0.0422. The summed E-state index contributed by atoms with van der Waals surface area (Å²) < 4.78 is 13.3. The Bertz CT molecular complexity index is 679. The number of anilines is 1. The third-order valence-corrected chi connectivity index (χ3v) is 2.94. The molecule has 3 rings (SSSR count). The van der Waals surface area contributed by atoms with Gasteiger partial charge in [0, 0.05) is 11.1 Å². The molecule has 0 spiro atoms. The van der Waals surface area contributed by atoms with Gasteiger partial charge in [0.25, 0.3) is 0 Å². The minimum atomic E-state index is -0.318. The third kappa shape index (κ3) is 2.25. The lowest BCUT2D eigenvalue weighted by atomic mass is 10.0. The molecule has 4 heteroatoms. The maximum atomic E-state index is 13.3. The summed E-state index contributed by atoms with van der Waals surface area (Å²) in [4.78, 5) is 15.9. The van der Waals surface area contributed by atoms with Crippen molar-refractivity contribution < 1.29 is 9.18 Å². The molecule has 3 nitrogen and oxygen atoms in total. The fraction of sp³-hybridized carbons (Fsp3) is 0.0667. The van der Waals surface area contributed by atoms with E-state index in [9.17, 15) is 9.18 Å². The van der Waals surface area contributed by atoms with Gasteiger partial charge < -0.3 is 5.32 Å². The van der Waals surface area contributed by atoms with Crippen LogP contribution in [0.2, 0.25) is 0 Å². The van der Waals surface area contributed by atoms with Gasteiger partial charge in [0.1, 0.15) is 12.4 Å². The number of carbonyl (C=O) groups excluding carboxylic acids is 1. The zero-order valence-electron chi connectivity index (χ0n) is 10.1. The Kier molecular flexibility index (Phi) is 2.83. The molecule has 0 unspecified atom stereocenters. The van der Waals surface area contributed by atoms with Gasteiger partial charge in [0.2, 0.25) is 5.91 Å². The highest BCUT2D eigenvalue weighted by Gasteiger charge is 2.17. The van der Waals surface area contributed by atoms with Crippen molar-refractivity contribution in [1.82, 2.24) is 0 Å². The van der Waals surface area contributed by atoms with Crippen molar-refractivity contribution in [3.05, 3.63) is 65.5 Å². The van der Waals surface area contributed by atoms with Crippen molar-refractivity contribution in [3.8, 4) is 0 Å². The molecule has 0 atom stereocenters. The summed E-state index contributed by atoms with van der Waals surface area (Å²) in [6, 6.07) is 13.6. The number of benzene rings is 2. The molecule has 1 aliphatic rings. The van der Waals surface area contributed by atoms with E-state index in [0.717, 1.165) is 5.56 Å². The largest absolute Gasteiger partial charge is 0.324 e. The zero-order valence-corrected chi connectivity index (χ0v) is 10.1. The van der Waals surface area contributed by atoms with Gasteiger partial charge in [-0.15, -0.1) is 0 Å². The Balaban J connectivity index is 2.17. The van der Waals surface area contributed by atoms with E-state index in [4.69, 9.17) is 0 Å². The molecule has 0 saturated carbocycles. The lowest BCUT2D eigenvalue weighted by Gasteiger charge is -2.09. The van der Waals surface area contributed by atoms with Crippen LogP contribution in [-0.2, 0) is 4.79 Å². The molecule has 0 fully saturated rings. The highest BCUT2D eigenvalue weighted by Crippen LogP contribution is 2.22. The third-order valence-electron chi connectivity index (χ3n) is 2.94. The lowest BCUT2D eigenvalue weighted by molar-refractivity contribution is -0.114. The minimum Gasteiger partial charge on any atom is -0.324 e. The first-order valence-electron chi connectivity index (χ1n) is 5.94. The summed E-state index contributed by atoms with van der Waals surface area (Å²) in [5, 5.41) is 2.79. The van der Waals surface area contributed by atoms with Gasteiger partial charge in [-0.05, 0) is 18.2 Å². The second-order valence-electron chi connectivity index (χ2n) is 4.27. The predicted molar refractivity (Wildman–Crippen MR) is 72.0 cm³/mol. The monoisotopic (exact) mass is 254 g/mol. The van der Waals surface area contributed by atoms with Crippen LogP contribution < -0.4 is 5.32 Å². The average molecular weight is 254 g/mol. The molecule has 0 saturated heterocycles. The van der Waals surface area contributed by atoms with Gasteiger partial charge in [-0.2, -0.15) is 0 Å². The first-order valence-corrected chi connectivity index (χ1v) is 5.94. The maximum Gasteiger partial charge on any atom is 0.246 e. The van der Waals surface area contributed by atoms with Crippen LogP contribution in [0.4, 0.5) is 10.1 Å². The molecule has 0 aromatic heterocycles. The molecule has 94 valence electrons. The summed E-state index contributed by atoms with van der Waals surface area (Å²) in [5.74, 6) is -0.486. The van der Waals surface area contributed by atoms with Gasteiger partial charge >= 0.3 is 0 Å². The first kappa shape index (κ1) is 11.6. The van der Waals surface area contributed by atoms with Gasteiger partial charge in [-0.1, -0.05) is 30.3 Å². The van der Waals surface area contributed by atoms with Gasteiger partial charge in [-0.25, -0.2) is 4.39 Å². The van der Waals surface area contributed by atoms with E-state index in [1.807, 2.05) is 24.3 Å². The van der Waals surface area contributed by atoms with Gasteiger partial charge in [0.15, 0.2) is 0 Å². The van der Waals surface area contributed by atoms with Crippen molar-refractivity contribution in [2.45, 2.75) is 0 Å². The van der Waals surface area contributed by atoms with E-state index in [0.29, 0.717) is 17.0 Å². The molecule has 0 radical (unpaired) electrons. The number of fused-ring (bicyclic) bond motifs is 1. The number of benzodiazepines with no additional fused rings is 1. The summed E-state index contributed by atoms with van der Waals surface area (Å²) in [6.45, 7) is 0.0422. The Hall–Kier alpha value is -2.49. The molecule has 0 aliphatic carbocycles. The summed E-state index contributed by atoms with van der Waals surface area (Å²) in [7, 11) is 0. The summed E-state index contributed by atoms with van der Waals surface area (Å²) in [6.07, 6.45) is 0. The van der Waals surface area contributed by atoms with Crippen molar-refractivity contribution in [2.24, 2.45) is 4.99 Å². The normalized spacial score (nSPS) is 14.2. The van der Waals surface area contributed by atoms with Crippen LogP contribution in [0.5, 0.6) is 0 Å². The smallest absolute Gasteiger partial charge is 0.246 e. The lowest BCUT2D eigenvalue weighted by Crippen LogP contribution is -2.13. The van der Waals surface area contributed by atoms with Crippen LogP contribution in [0.15, 0.2) is 53.5 Å². The molecule has 1 aliphatic heterocycles. The Morgan fingerprint density at radius 3 is 2.79 bits per heavy atom. The quantitative estimate of drug-likeness (QED) is 0.835. The number of carbonyl (C=O) groups is 1. The Labute approximate surface area is 109 Å². The summed E-state index contributed by atoms with van der Waals surface area (Å²) in [5.41, 5.74) is 2.81. The van der Waals surface area contributed by atoms with Crippen molar-refractivity contribution in [1.29, 1.82) is 0 Å². The van der Waals surface area contributed by atoms with Crippen molar-refractivity contribution in [2.75, 3.05) is 11.9 Å². The second-order valence-corrected chi connectivity index (χ2v) is 4.27. The van der Waals surface area contributed by atoms with Crippen LogP contribution in [0.1, 0.15) is 11.1 Å². The number of nitrogens with zero attached hydrogens (tertiary/aromatic N) is 1. The first-order chi connectivity index (χ1) is 9.24. The fourth-order valence-electron chi connectivity index (χ4n) is 2.11. The number of aliphatic imine (C=N–C) groups is 1. The fourth-order valence-corrected chi connectivity index (χ4v) is 2.11. The number of amides is 1. The number of para-hydroxylation sites is 1. The average Bonchev–Trinajstić information content (AvgIpc) is 2.57. The predicted octanol–water partition coefficient (Wildman–Crippen LogP) is 2.62. The van der Waals surface area contributed by atoms with E-state index in [1.54, 1.807) is 12.1 Å². The Morgan fingerprint density at radius 1 is 1.11 bits per heavy atom.